The van der Waals surface area contributed by atoms with E-state index in [2.05, 4.69) is 16.3 Å². The molecule has 0 amide bonds. The van der Waals surface area contributed by atoms with Gasteiger partial charge in [0, 0.05) is 18.3 Å². The third-order valence-corrected chi connectivity index (χ3v) is 6.19. The Labute approximate surface area is 147 Å². The molecule has 2 heterocycles. The molecule has 0 spiro atoms. The molecular formula is C21H33N3. The summed E-state index contributed by atoms with van der Waals surface area (Å²) in [4.78, 5) is 7.66. The highest BCUT2D eigenvalue weighted by Crippen LogP contribution is 2.29. The molecule has 2 fully saturated rings. The summed E-state index contributed by atoms with van der Waals surface area (Å²) in [5, 5.41) is 3.80. The summed E-state index contributed by atoms with van der Waals surface area (Å²) in [6, 6.07) is 3.03. The van der Waals surface area contributed by atoms with E-state index in [1.165, 1.54) is 95.8 Å². The van der Waals surface area contributed by atoms with Crippen LogP contribution in [0.1, 0.15) is 81.0 Å². The van der Waals surface area contributed by atoms with Crippen molar-refractivity contribution in [3.8, 4) is 0 Å². The molecule has 1 saturated carbocycles. The fourth-order valence-electron chi connectivity index (χ4n) is 4.83. The highest BCUT2D eigenvalue weighted by atomic mass is 15.1. The van der Waals surface area contributed by atoms with Crippen LogP contribution in [0.5, 0.6) is 0 Å². The van der Waals surface area contributed by atoms with E-state index in [9.17, 15) is 0 Å². The van der Waals surface area contributed by atoms with E-state index in [0.29, 0.717) is 6.04 Å². The molecule has 1 saturated heterocycles. The Morgan fingerprint density at radius 3 is 2.46 bits per heavy atom. The summed E-state index contributed by atoms with van der Waals surface area (Å²) in [6.45, 7) is 3.70. The Bertz CT molecular complexity index is 540. The van der Waals surface area contributed by atoms with Gasteiger partial charge in [0.05, 0.1) is 0 Å². The minimum atomic E-state index is 0.641. The van der Waals surface area contributed by atoms with Gasteiger partial charge in [-0.1, -0.05) is 32.1 Å². The normalized spacial score (nSPS) is 23.0. The monoisotopic (exact) mass is 327 g/mol. The number of rotatable bonds is 4. The van der Waals surface area contributed by atoms with Crippen molar-refractivity contribution in [2.24, 2.45) is 0 Å². The lowest BCUT2D eigenvalue weighted by molar-refractivity contribution is 0.220. The third kappa shape index (κ3) is 3.93. The molecule has 4 rings (SSSR count). The van der Waals surface area contributed by atoms with E-state index in [1.807, 2.05) is 0 Å². The maximum atomic E-state index is 5.00. The van der Waals surface area contributed by atoms with Gasteiger partial charge in [-0.25, -0.2) is 4.98 Å². The topological polar surface area (TPSA) is 28.2 Å². The molecule has 3 heteroatoms. The van der Waals surface area contributed by atoms with Gasteiger partial charge in [0.1, 0.15) is 5.82 Å². The second-order valence-electron chi connectivity index (χ2n) is 8.12. The Morgan fingerprint density at radius 1 is 0.917 bits per heavy atom. The second kappa shape index (κ2) is 7.86. The number of aryl methyl sites for hydroxylation is 1. The molecule has 2 aliphatic carbocycles. The summed E-state index contributed by atoms with van der Waals surface area (Å²) < 4.78 is 0. The molecule has 0 unspecified atom stereocenters. The molecule has 0 aromatic carbocycles. The number of pyridine rings is 1. The van der Waals surface area contributed by atoms with Crippen LogP contribution in [-0.4, -0.2) is 29.0 Å². The van der Waals surface area contributed by atoms with Crippen LogP contribution in [-0.2, 0) is 19.4 Å². The van der Waals surface area contributed by atoms with E-state index in [0.717, 1.165) is 12.4 Å². The quantitative estimate of drug-likeness (QED) is 0.813. The number of hydrogen-bond donors (Lipinski definition) is 1. The van der Waals surface area contributed by atoms with Gasteiger partial charge < -0.3 is 5.32 Å². The molecule has 1 aromatic rings. The lowest BCUT2D eigenvalue weighted by Crippen LogP contribution is -2.29. The number of nitrogens with zero attached hydrogens (tertiary/aromatic N) is 2. The molecule has 0 bridgehead atoms. The third-order valence-electron chi connectivity index (χ3n) is 6.19. The first-order valence-corrected chi connectivity index (χ1v) is 10.4. The van der Waals surface area contributed by atoms with Crippen LogP contribution in [0.2, 0.25) is 0 Å². The molecular weight excluding hydrogens is 294 g/mol. The van der Waals surface area contributed by atoms with Gasteiger partial charge >= 0.3 is 0 Å². The minimum absolute atomic E-state index is 0.641. The Hall–Kier alpha value is -1.09. The number of aromatic nitrogens is 1. The fraction of sp³-hybridized carbons (Fsp3) is 0.762. The van der Waals surface area contributed by atoms with E-state index >= 15 is 0 Å². The standard InChI is InChI=1S/C21H33N3/c1-2-5-10-18(9-4-1)22-21-15-17(16-24-13-6-3-7-14-24)19-11-8-12-20(19)23-21/h15,18H,1-14,16H2,(H,22,23). The summed E-state index contributed by atoms with van der Waals surface area (Å²) >= 11 is 0. The predicted octanol–water partition coefficient (Wildman–Crippen LogP) is 4.69. The molecule has 1 aromatic heterocycles. The van der Waals surface area contributed by atoms with Gasteiger partial charge in [-0.3, -0.25) is 4.90 Å². The van der Waals surface area contributed by atoms with Crippen LogP contribution in [0.15, 0.2) is 6.07 Å². The number of nitrogens with one attached hydrogen (secondary N) is 1. The number of hydrogen-bond acceptors (Lipinski definition) is 3. The SMILES string of the molecule is c1c(NC2CCCCCC2)nc2c(c1CN1CCCCC1)CCC2. The zero-order valence-electron chi connectivity index (χ0n) is 15.2. The average Bonchev–Trinajstić information content (AvgIpc) is 2.93. The average molecular weight is 328 g/mol. The lowest BCUT2D eigenvalue weighted by Gasteiger charge is -2.27. The molecule has 24 heavy (non-hydrogen) atoms. The van der Waals surface area contributed by atoms with Crippen molar-refractivity contribution in [2.75, 3.05) is 18.4 Å². The predicted molar refractivity (Wildman–Crippen MR) is 101 cm³/mol. The summed E-state index contributed by atoms with van der Waals surface area (Å²) in [5.41, 5.74) is 4.53. The van der Waals surface area contributed by atoms with Crippen LogP contribution in [0.25, 0.3) is 0 Å². The Balaban J connectivity index is 1.50. The maximum absolute atomic E-state index is 5.00. The van der Waals surface area contributed by atoms with Crippen molar-refractivity contribution in [2.45, 2.75) is 89.6 Å². The molecule has 132 valence electrons. The second-order valence-corrected chi connectivity index (χ2v) is 8.12. The largest absolute Gasteiger partial charge is 0.367 e. The first-order valence-electron chi connectivity index (χ1n) is 10.4. The Kier molecular flexibility index (Phi) is 5.37. The molecule has 3 aliphatic rings. The highest BCUT2D eigenvalue weighted by Gasteiger charge is 2.21. The van der Waals surface area contributed by atoms with E-state index in [4.69, 9.17) is 4.98 Å². The molecule has 1 aliphatic heterocycles. The van der Waals surface area contributed by atoms with Crippen molar-refractivity contribution in [1.29, 1.82) is 0 Å². The summed E-state index contributed by atoms with van der Waals surface area (Å²) in [6.07, 6.45) is 16.1. The van der Waals surface area contributed by atoms with Crippen molar-refractivity contribution in [3.63, 3.8) is 0 Å². The Morgan fingerprint density at radius 2 is 1.67 bits per heavy atom. The number of likely N-dealkylation sites (tertiary alicyclic amines) is 1. The summed E-state index contributed by atoms with van der Waals surface area (Å²) in [5.74, 6) is 1.16. The van der Waals surface area contributed by atoms with Crippen LogP contribution in [0.3, 0.4) is 0 Å². The molecule has 0 radical (unpaired) electrons. The lowest BCUT2D eigenvalue weighted by atomic mass is 10.0. The van der Waals surface area contributed by atoms with Crippen LogP contribution in [0, 0.1) is 0 Å². The van der Waals surface area contributed by atoms with E-state index in [1.54, 1.807) is 11.1 Å². The van der Waals surface area contributed by atoms with Crippen LogP contribution in [0.4, 0.5) is 5.82 Å². The van der Waals surface area contributed by atoms with Crippen LogP contribution >= 0.6 is 0 Å². The number of piperidine rings is 1. The van der Waals surface area contributed by atoms with Gasteiger partial charge in [-0.2, -0.15) is 0 Å². The van der Waals surface area contributed by atoms with Crippen molar-refractivity contribution >= 4 is 5.82 Å². The highest BCUT2D eigenvalue weighted by molar-refractivity contribution is 5.47. The molecule has 3 nitrogen and oxygen atoms in total. The van der Waals surface area contributed by atoms with Gasteiger partial charge in [0.2, 0.25) is 0 Å². The molecule has 1 N–H and O–H groups in total. The first-order chi connectivity index (χ1) is 11.9. The van der Waals surface area contributed by atoms with Crippen molar-refractivity contribution < 1.29 is 0 Å². The van der Waals surface area contributed by atoms with E-state index < -0.39 is 0 Å². The first kappa shape index (κ1) is 16.4. The summed E-state index contributed by atoms with van der Waals surface area (Å²) in [7, 11) is 0. The van der Waals surface area contributed by atoms with Crippen molar-refractivity contribution in [1.82, 2.24) is 9.88 Å². The van der Waals surface area contributed by atoms with Gasteiger partial charge in [0.15, 0.2) is 0 Å². The number of anilines is 1. The van der Waals surface area contributed by atoms with Gasteiger partial charge in [-0.15, -0.1) is 0 Å². The molecule has 0 atom stereocenters. The van der Waals surface area contributed by atoms with Crippen molar-refractivity contribution in [3.05, 3.63) is 22.9 Å². The van der Waals surface area contributed by atoms with Crippen LogP contribution < -0.4 is 5.32 Å². The smallest absolute Gasteiger partial charge is 0.126 e. The van der Waals surface area contributed by atoms with Gasteiger partial charge in [0.25, 0.3) is 0 Å². The minimum Gasteiger partial charge on any atom is -0.367 e. The zero-order chi connectivity index (χ0) is 16.2. The number of fused-ring (bicyclic) bond motifs is 1. The van der Waals surface area contributed by atoms with E-state index in [-0.39, 0.29) is 0 Å². The zero-order valence-corrected chi connectivity index (χ0v) is 15.2. The fourth-order valence-corrected chi connectivity index (χ4v) is 4.83. The van der Waals surface area contributed by atoms with Gasteiger partial charge in [-0.05, 0) is 75.2 Å². The maximum Gasteiger partial charge on any atom is 0.126 e.